The highest BCUT2D eigenvalue weighted by Crippen LogP contribution is 2.37. The molecule has 1 N–H and O–H groups in total. The zero-order chi connectivity index (χ0) is 12.4. The first-order chi connectivity index (χ1) is 8.15. The highest BCUT2D eigenvalue weighted by molar-refractivity contribution is 6.32. The van der Waals surface area contributed by atoms with Crippen LogP contribution in [0.5, 0.6) is 5.75 Å². The Morgan fingerprint density at radius 1 is 1.47 bits per heavy atom. The summed E-state index contributed by atoms with van der Waals surface area (Å²) in [5, 5.41) is 4.10. The molecule has 0 aliphatic carbocycles. The third-order valence-electron chi connectivity index (χ3n) is 3.13. The number of hydrogen-bond donors (Lipinski definition) is 1. The maximum Gasteiger partial charge on any atom is 0.129 e. The first-order valence-corrected chi connectivity index (χ1v) is 6.19. The molecule has 3 nitrogen and oxygen atoms in total. The third-order valence-corrected chi connectivity index (χ3v) is 3.71. The largest absolute Gasteiger partial charge is 0.496 e. The standard InChI is InChI=1S/C13H18ClNO2/c1-8-6-10(11-7-15-4-5-17-11)13(16-3)9(2)12(8)14/h6,11,15H,4-5,7H2,1-3H3. The van der Waals surface area contributed by atoms with Gasteiger partial charge in [0, 0.05) is 24.2 Å². The second-order valence-corrected chi connectivity index (χ2v) is 4.70. The summed E-state index contributed by atoms with van der Waals surface area (Å²) in [6.07, 6.45) is 0.0494. The number of rotatable bonds is 2. The molecule has 1 aromatic carbocycles. The van der Waals surface area contributed by atoms with Crippen molar-refractivity contribution in [3.63, 3.8) is 0 Å². The molecule has 0 radical (unpaired) electrons. The second kappa shape index (κ2) is 5.25. The molecular weight excluding hydrogens is 238 g/mol. The van der Waals surface area contributed by atoms with Crippen molar-refractivity contribution in [2.24, 2.45) is 0 Å². The topological polar surface area (TPSA) is 30.5 Å². The zero-order valence-corrected chi connectivity index (χ0v) is 11.2. The molecule has 4 heteroatoms. The van der Waals surface area contributed by atoms with Gasteiger partial charge in [0.15, 0.2) is 0 Å². The summed E-state index contributed by atoms with van der Waals surface area (Å²) in [5.41, 5.74) is 3.13. The lowest BCUT2D eigenvalue weighted by molar-refractivity contribution is 0.0262. The van der Waals surface area contributed by atoms with E-state index in [1.807, 2.05) is 13.8 Å². The predicted octanol–water partition coefficient (Wildman–Crippen LogP) is 2.63. The maximum absolute atomic E-state index is 6.24. The fourth-order valence-electron chi connectivity index (χ4n) is 2.25. The van der Waals surface area contributed by atoms with E-state index in [2.05, 4.69) is 11.4 Å². The van der Waals surface area contributed by atoms with Crippen molar-refractivity contribution < 1.29 is 9.47 Å². The minimum Gasteiger partial charge on any atom is -0.496 e. The molecule has 94 valence electrons. The number of nitrogens with one attached hydrogen (secondary N) is 1. The Morgan fingerprint density at radius 2 is 2.24 bits per heavy atom. The molecule has 1 aliphatic heterocycles. The number of morpholine rings is 1. The van der Waals surface area contributed by atoms with Gasteiger partial charge in [-0.2, -0.15) is 0 Å². The SMILES string of the molecule is COc1c(C2CNCCO2)cc(C)c(Cl)c1C. The lowest BCUT2D eigenvalue weighted by atomic mass is 10.0. The van der Waals surface area contributed by atoms with Gasteiger partial charge in [-0.25, -0.2) is 0 Å². The summed E-state index contributed by atoms with van der Waals surface area (Å²) in [6.45, 7) is 6.44. The Kier molecular flexibility index (Phi) is 3.92. The summed E-state index contributed by atoms with van der Waals surface area (Å²) in [6, 6.07) is 2.06. The number of benzene rings is 1. The van der Waals surface area contributed by atoms with Crippen LogP contribution in [0.4, 0.5) is 0 Å². The van der Waals surface area contributed by atoms with Gasteiger partial charge in [-0.1, -0.05) is 11.6 Å². The van der Waals surface area contributed by atoms with E-state index in [0.717, 1.165) is 47.2 Å². The van der Waals surface area contributed by atoms with Crippen LogP contribution in [0.1, 0.15) is 22.8 Å². The molecule has 2 rings (SSSR count). The van der Waals surface area contributed by atoms with Gasteiger partial charge in [-0.3, -0.25) is 0 Å². The average molecular weight is 256 g/mol. The van der Waals surface area contributed by atoms with E-state index in [9.17, 15) is 0 Å². The number of halogens is 1. The molecule has 1 atom stereocenters. The molecule has 0 aromatic heterocycles. The van der Waals surface area contributed by atoms with Gasteiger partial charge >= 0.3 is 0 Å². The van der Waals surface area contributed by atoms with E-state index in [-0.39, 0.29) is 6.10 Å². The predicted molar refractivity (Wildman–Crippen MR) is 69.0 cm³/mol. The van der Waals surface area contributed by atoms with Crippen molar-refractivity contribution in [1.82, 2.24) is 5.32 Å². The third kappa shape index (κ3) is 2.41. The van der Waals surface area contributed by atoms with Gasteiger partial charge in [0.05, 0.1) is 24.8 Å². The molecular formula is C13H18ClNO2. The van der Waals surface area contributed by atoms with Crippen LogP contribution in [-0.4, -0.2) is 26.8 Å². The molecule has 17 heavy (non-hydrogen) atoms. The number of aryl methyl sites for hydroxylation is 1. The second-order valence-electron chi connectivity index (χ2n) is 4.32. The van der Waals surface area contributed by atoms with Gasteiger partial charge < -0.3 is 14.8 Å². The molecule has 0 amide bonds. The summed E-state index contributed by atoms with van der Waals surface area (Å²) >= 11 is 6.24. The average Bonchev–Trinajstić information content (AvgIpc) is 2.36. The monoisotopic (exact) mass is 255 g/mol. The fourth-order valence-corrected chi connectivity index (χ4v) is 2.39. The van der Waals surface area contributed by atoms with Crippen molar-refractivity contribution in [2.75, 3.05) is 26.8 Å². The molecule has 1 saturated heterocycles. The molecule has 1 heterocycles. The van der Waals surface area contributed by atoms with E-state index in [0.29, 0.717) is 0 Å². The van der Waals surface area contributed by atoms with Crippen LogP contribution in [0.25, 0.3) is 0 Å². The van der Waals surface area contributed by atoms with Crippen molar-refractivity contribution in [3.05, 3.63) is 27.8 Å². The quantitative estimate of drug-likeness (QED) is 0.881. The first kappa shape index (κ1) is 12.7. The summed E-state index contributed by atoms with van der Waals surface area (Å²) in [7, 11) is 1.67. The van der Waals surface area contributed by atoms with E-state index in [4.69, 9.17) is 21.1 Å². The number of hydrogen-bond acceptors (Lipinski definition) is 3. The van der Waals surface area contributed by atoms with Crippen LogP contribution >= 0.6 is 11.6 Å². The van der Waals surface area contributed by atoms with E-state index in [1.165, 1.54) is 0 Å². The van der Waals surface area contributed by atoms with Crippen LogP contribution in [0.15, 0.2) is 6.07 Å². The van der Waals surface area contributed by atoms with Crippen molar-refractivity contribution in [2.45, 2.75) is 20.0 Å². The van der Waals surface area contributed by atoms with Gasteiger partial charge in [0.2, 0.25) is 0 Å². The molecule has 0 saturated carbocycles. The van der Waals surface area contributed by atoms with E-state index < -0.39 is 0 Å². The summed E-state index contributed by atoms with van der Waals surface area (Å²) < 4.78 is 11.2. The van der Waals surface area contributed by atoms with Gasteiger partial charge in [0.1, 0.15) is 5.75 Å². The van der Waals surface area contributed by atoms with E-state index >= 15 is 0 Å². The normalized spacial score (nSPS) is 20.4. The van der Waals surface area contributed by atoms with Crippen molar-refractivity contribution >= 4 is 11.6 Å². The Hall–Kier alpha value is -0.770. The maximum atomic E-state index is 6.24. The molecule has 0 bridgehead atoms. The van der Waals surface area contributed by atoms with Crippen molar-refractivity contribution in [3.8, 4) is 5.75 Å². The Labute approximate surface area is 107 Å². The Morgan fingerprint density at radius 3 is 2.82 bits per heavy atom. The van der Waals surface area contributed by atoms with Gasteiger partial charge in [0.25, 0.3) is 0 Å². The molecule has 1 unspecified atom stereocenters. The van der Waals surface area contributed by atoms with Crippen LogP contribution in [0, 0.1) is 13.8 Å². The van der Waals surface area contributed by atoms with E-state index in [1.54, 1.807) is 7.11 Å². The lowest BCUT2D eigenvalue weighted by Gasteiger charge is -2.26. The zero-order valence-electron chi connectivity index (χ0n) is 10.5. The summed E-state index contributed by atoms with van der Waals surface area (Å²) in [4.78, 5) is 0. The number of ether oxygens (including phenoxy) is 2. The molecule has 1 aromatic rings. The number of methoxy groups -OCH3 is 1. The molecule has 0 spiro atoms. The van der Waals surface area contributed by atoms with Crippen LogP contribution < -0.4 is 10.1 Å². The summed E-state index contributed by atoms with van der Waals surface area (Å²) in [5.74, 6) is 0.842. The fraction of sp³-hybridized carbons (Fsp3) is 0.538. The smallest absolute Gasteiger partial charge is 0.129 e. The molecule has 1 fully saturated rings. The van der Waals surface area contributed by atoms with Crippen LogP contribution in [-0.2, 0) is 4.74 Å². The minimum atomic E-state index is 0.0494. The van der Waals surface area contributed by atoms with Gasteiger partial charge in [-0.15, -0.1) is 0 Å². The highest BCUT2D eigenvalue weighted by atomic mass is 35.5. The van der Waals surface area contributed by atoms with Crippen LogP contribution in [0.3, 0.4) is 0 Å². The van der Waals surface area contributed by atoms with Gasteiger partial charge in [-0.05, 0) is 25.5 Å². The van der Waals surface area contributed by atoms with Crippen molar-refractivity contribution in [1.29, 1.82) is 0 Å². The lowest BCUT2D eigenvalue weighted by Crippen LogP contribution is -2.33. The molecule has 1 aliphatic rings. The highest BCUT2D eigenvalue weighted by Gasteiger charge is 2.22. The first-order valence-electron chi connectivity index (χ1n) is 5.81. The Balaban J connectivity index is 2.44. The Bertz CT molecular complexity index is 414. The minimum absolute atomic E-state index is 0.0494. The van der Waals surface area contributed by atoms with Crippen LogP contribution in [0.2, 0.25) is 5.02 Å².